The topological polar surface area (TPSA) is 20.2 Å². The van der Waals surface area contributed by atoms with E-state index in [1.807, 2.05) is 6.08 Å². The zero-order chi connectivity index (χ0) is 8.95. The second-order valence-electron chi connectivity index (χ2n) is 2.45. The average molecular weight is 158 g/mol. The fraction of sp³-hybridized carbons (Fsp3) is 0.800. The van der Waals surface area contributed by atoms with Gasteiger partial charge in [0, 0.05) is 6.61 Å². The van der Waals surface area contributed by atoms with Gasteiger partial charge < -0.3 is 5.11 Å². The summed E-state index contributed by atoms with van der Waals surface area (Å²) in [5.74, 6) is 0. The Labute approximate surface area is 71.1 Å². The van der Waals surface area contributed by atoms with E-state index in [9.17, 15) is 0 Å². The van der Waals surface area contributed by atoms with Crippen LogP contribution in [0.4, 0.5) is 0 Å². The van der Waals surface area contributed by atoms with Crippen LogP contribution in [-0.2, 0) is 0 Å². The smallest absolute Gasteiger partial charge is 0.0402 e. The Morgan fingerprint density at radius 3 is 2.09 bits per heavy atom. The Bertz CT molecular complexity index is 59.9. The Morgan fingerprint density at radius 1 is 1.18 bits per heavy atom. The molecule has 0 unspecified atom stereocenters. The van der Waals surface area contributed by atoms with Gasteiger partial charge in [-0.1, -0.05) is 32.3 Å². The van der Waals surface area contributed by atoms with E-state index in [2.05, 4.69) is 13.5 Å². The fourth-order valence-electron chi connectivity index (χ4n) is 0.715. The second kappa shape index (κ2) is 16.4. The number of unbranched alkanes of at least 4 members (excludes halogenated alkanes) is 4. The van der Waals surface area contributed by atoms with Crippen molar-refractivity contribution in [3.05, 3.63) is 12.7 Å². The van der Waals surface area contributed by atoms with Gasteiger partial charge in [0.1, 0.15) is 0 Å². The molecule has 0 aliphatic carbocycles. The molecule has 68 valence electrons. The van der Waals surface area contributed by atoms with E-state index >= 15 is 0 Å². The fourth-order valence-corrected chi connectivity index (χ4v) is 0.715. The van der Waals surface area contributed by atoms with Crippen molar-refractivity contribution in [3.63, 3.8) is 0 Å². The summed E-state index contributed by atoms with van der Waals surface area (Å²) in [6.07, 6.45) is 8.61. The highest BCUT2D eigenvalue weighted by atomic mass is 16.2. The van der Waals surface area contributed by atoms with Gasteiger partial charge in [0.15, 0.2) is 0 Å². The SMILES string of the molecule is C=CCCCCCC.CCO. The van der Waals surface area contributed by atoms with Crippen molar-refractivity contribution < 1.29 is 5.11 Å². The number of aliphatic hydroxyl groups excluding tert-OH is 1. The summed E-state index contributed by atoms with van der Waals surface area (Å²) in [4.78, 5) is 0. The molecule has 1 nitrogen and oxygen atoms in total. The van der Waals surface area contributed by atoms with Gasteiger partial charge in [0.25, 0.3) is 0 Å². The third-order valence-electron chi connectivity index (χ3n) is 1.26. The molecule has 0 spiro atoms. The minimum absolute atomic E-state index is 0.250. The largest absolute Gasteiger partial charge is 0.397 e. The molecule has 0 aromatic rings. The molecule has 0 fully saturated rings. The van der Waals surface area contributed by atoms with Crippen molar-refractivity contribution in [2.24, 2.45) is 0 Å². The van der Waals surface area contributed by atoms with Crippen molar-refractivity contribution >= 4 is 0 Å². The van der Waals surface area contributed by atoms with E-state index in [4.69, 9.17) is 5.11 Å². The summed E-state index contributed by atoms with van der Waals surface area (Å²) in [6.45, 7) is 7.82. The summed E-state index contributed by atoms with van der Waals surface area (Å²) in [6, 6.07) is 0. The van der Waals surface area contributed by atoms with Crippen LogP contribution in [0.1, 0.15) is 46.0 Å². The Balaban J connectivity index is 0. The summed E-state index contributed by atoms with van der Waals surface area (Å²) in [7, 11) is 0. The van der Waals surface area contributed by atoms with Crippen LogP contribution in [0.3, 0.4) is 0 Å². The molecular weight excluding hydrogens is 136 g/mol. The molecule has 0 aliphatic rings. The second-order valence-corrected chi connectivity index (χ2v) is 2.45. The van der Waals surface area contributed by atoms with Gasteiger partial charge in [-0.3, -0.25) is 0 Å². The first-order chi connectivity index (χ1) is 5.33. The lowest BCUT2D eigenvalue weighted by Gasteiger charge is -1.91. The maximum Gasteiger partial charge on any atom is 0.0402 e. The zero-order valence-corrected chi connectivity index (χ0v) is 7.97. The third-order valence-corrected chi connectivity index (χ3v) is 1.26. The number of rotatable bonds is 5. The molecule has 0 saturated heterocycles. The standard InChI is InChI=1S/C8H16.C2H6O/c1-3-5-7-8-6-4-2;1-2-3/h3H,1,4-8H2,2H3;3H,2H2,1H3. The van der Waals surface area contributed by atoms with Crippen LogP contribution in [0.15, 0.2) is 12.7 Å². The van der Waals surface area contributed by atoms with Crippen molar-refractivity contribution in [1.29, 1.82) is 0 Å². The Kier molecular flexibility index (Phi) is 19.8. The van der Waals surface area contributed by atoms with Crippen LogP contribution >= 0.6 is 0 Å². The summed E-state index contributed by atoms with van der Waals surface area (Å²) in [5.41, 5.74) is 0. The zero-order valence-electron chi connectivity index (χ0n) is 7.97. The molecular formula is C10H22O. The van der Waals surface area contributed by atoms with E-state index in [0.29, 0.717) is 0 Å². The van der Waals surface area contributed by atoms with Crippen molar-refractivity contribution in [2.45, 2.75) is 46.0 Å². The van der Waals surface area contributed by atoms with E-state index in [1.54, 1.807) is 6.92 Å². The third kappa shape index (κ3) is 26.0. The molecule has 0 amide bonds. The Hall–Kier alpha value is -0.300. The first kappa shape index (κ1) is 13.3. The maximum atomic E-state index is 7.57. The normalized spacial score (nSPS) is 8.27. The molecule has 11 heavy (non-hydrogen) atoms. The van der Waals surface area contributed by atoms with Crippen LogP contribution in [-0.4, -0.2) is 11.7 Å². The number of hydrogen-bond donors (Lipinski definition) is 1. The van der Waals surface area contributed by atoms with E-state index in [1.165, 1.54) is 32.1 Å². The highest BCUT2D eigenvalue weighted by Gasteiger charge is 1.81. The molecule has 0 aliphatic heterocycles. The van der Waals surface area contributed by atoms with Gasteiger partial charge >= 0.3 is 0 Å². The first-order valence-corrected chi connectivity index (χ1v) is 4.55. The molecule has 0 heterocycles. The lowest BCUT2D eigenvalue weighted by atomic mass is 10.2. The van der Waals surface area contributed by atoms with Gasteiger partial charge in [-0.2, -0.15) is 0 Å². The number of aliphatic hydroxyl groups is 1. The van der Waals surface area contributed by atoms with Crippen LogP contribution in [0, 0.1) is 0 Å². The lowest BCUT2D eigenvalue weighted by Crippen LogP contribution is -1.71. The van der Waals surface area contributed by atoms with Crippen LogP contribution < -0.4 is 0 Å². The van der Waals surface area contributed by atoms with E-state index < -0.39 is 0 Å². The molecule has 0 aromatic heterocycles. The molecule has 0 rings (SSSR count). The molecule has 0 bridgehead atoms. The van der Waals surface area contributed by atoms with Gasteiger partial charge in [-0.15, -0.1) is 6.58 Å². The first-order valence-electron chi connectivity index (χ1n) is 4.55. The lowest BCUT2D eigenvalue weighted by molar-refractivity contribution is 0.318. The summed E-state index contributed by atoms with van der Waals surface area (Å²) >= 11 is 0. The average Bonchev–Trinajstić information content (AvgIpc) is 2.00. The monoisotopic (exact) mass is 158 g/mol. The minimum atomic E-state index is 0.250. The quantitative estimate of drug-likeness (QED) is 0.481. The summed E-state index contributed by atoms with van der Waals surface area (Å²) in [5, 5.41) is 7.57. The molecule has 1 heteroatoms. The number of allylic oxidation sites excluding steroid dienone is 1. The van der Waals surface area contributed by atoms with Gasteiger partial charge in [-0.25, -0.2) is 0 Å². The highest BCUT2D eigenvalue weighted by molar-refractivity contribution is 4.64. The highest BCUT2D eigenvalue weighted by Crippen LogP contribution is 2.01. The van der Waals surface area contributed by atoms with Gasteiger partial charge in [0.05, 0.1) is 0 Å². The molecule has 0 atom stereocenters. The minimum Gasteiger partial charge on any atom is -0.397 e. The van der Waals surface area contributed by atoms with Crippen LogP contribution in [0.5, 0.6) is 0 Å². The van der Waals surface area contributed by atoms with Crippen molar-refractivity contribution in [1.82, 2.24) is 0 Å². The van der Waals surface area contributed by atoms with Gasteiger partial charge in [-0.05, 0) is 19.8 Å². The Morgan fingerprint density at radius 2 is 1.73 bits per heavy atom. The molecule has 0 aromatic carbocycles. The van der Waals surface area contributed by atoms with Crippen LogP contribution in [0.2, 0.25) is 0 Å². The summed E-state index contributed by atoms with van der Waals surface area (Å²) < 4.78 is 0. The van der Waals surface area contributed by atoms with Crippen molar-refractivity contribution in [3.8, 4) is 0 Å². The van der Waals surface area contributed by atoms with Crippen molar-refractivity contribution in [2.75, 3.05) is 6.61 Å². The van der Waals surface area contributed by atoms with E-state index in [-0.39, 0.29) is 6.61 Å². The predicted octanol–water partition coefficient (Wildman–Crippen LogP) is 3.14. The number of hydrogen-bond acceptors (Lipinski definition) is 1. The molecule has 1 N–H and O–H groups in total. The predicted molar refractivity (Wildman–Crippen MR) is 51.7 cm³/mol. The van der Waals surface area contributed by atoms with E-state index in [0.717, 1.165) is 0 Å². The molecule has 0 saturated carbocycles. The van der Waals surface area contributed by atoms with Crippen LogP contribution in [0.25, 0.3) is 0 Å². The molecule has 0 radical (unpaired) electrons. The van der Waals surface area contributed by atoms with Gasteiger partial charge in [0.2, 0.25) is 0 Å². The maximum absolute atomic E-state index is 7.57.